The zero-order valence-electron chi connectivity index (χ0n) is 12.2. The first kappa shape index (κ1) is 14.0. The van der Waals surface area contributed by atoms with E-state index < -0.39 is 0 Å². The number of aryl methyl sites for hydroxylation is 2. The lowest BCUT2D eigenvalue weighted by Gasteiger charge is -2.38. The summed E-state index contributed by atoms with van der Waals surface area (Å²) in [7, 11) is 3.90. The Bertz CT molecular complexity index is 472. The highest BCUT2D eigenvalue weighted by atomic mass is 16.2. The molecule has 1 aromatic carbocycles. The van der Waals surface area contributed by atoms with Gasteiger partial charge in [0.25, 0.3) is 0 Å². The summed E-state index contributed by atoms with van der Waals surface area (Å²) in [6.45, 7) is 6.54. The fraction of sp³-hybridized carbons (Fsp3) is 0.533. The Kier molecular flexibility index (Phi) is 4.22. The number of hydrogen-bond acceptors (Lipinski definition) is 3. The lowest BCUT2D eigenvalue weighted by atomic mass is 10.1. The van der Waals surface area contributed by atoms with E-state index in [2.05, 4.69) is 36.2 Å². The monoisotopic (exact) mass is 261 g/mol. The van der Waals surface area contributed by atoms with E-state index in [0.717, 1.165) is 18.8 Å². The van der Waals surface area contributed by atoms with Gasteiger partial charge in [0.2, 0.25) is 5.91 Å². The molecule has 1 saturated heterocycles. The number of nitrogens with zero attached hydrogens (tertiary/aromatic N) is 2. The van der Waals surface area contributed by atoms with Crippen molar-refractivity contribution >= 4 is 11.6 Å². The van der Waals surface area contributed by atoms with Crippen molar-refractivity contribution in [2.24, 2.45) is 0 Å². The van der Waals surface area contributed by atoms with E-state index in [1.807, 2.05) is 25.1 Å². The van der Waals surface area contributed by atoms with E-state index in [-0.39, 0.29) is 11.9 Å². The van der Waals surface area contributed by atoms with Crippen LogP contribution in [0.15, 0.2) is 18.2 Å². The molecule has 1 N–H and O–H groups in total. The van der Waals surface area contributed by atoms with Crippen LogP contribution in [0.4, 0.5) is 5.69 Å². The Morgan fingerprint density at radius 2 is 2.00 bits per heavy atom. The number of rotatable bonds is 3. The number of amides is 1. The van der Waals surface area contributed by atoms with Gasteiger partial charge >= 0.3 is 0 Å². The summed E-state index contributed by atoms with van der Waals surface area (Å²) in [4.78, 5) is 16.6. The quantitative estimate of drug-likeness (QED) is 0.887. The second-order valence-electron chi connectivity index (χ2n) is 5.31. The number of nitrogens with one attached hydrogen (secondary N) is 1. The van der Waals surface area contributed by atoms with Crippen LogP contribution in [0.5, 0.6) is 0 Å². The van der Waals surface area contributed by atoms with Gasteiger partial charge in [-0.15, -0.1) is 0 Å². The first-order chi connectivity index (χ1) is 9.04. The summed E-state index contributed by atoms with van der Waals surface area (Å²) >= 11 is 0. The predicted octanol–water partition coefficient (Wildman–Crippen LogP) is 1.17. The minimum absolute atomic E-state index is 0.0691. The van der Waals surface area contributed by atoms with E-state index in [0.29, 0.717) is 6.54 Å². The highest BCUT2D eigenvalue weighted by Crippen LogP contribution is 2.22. The van der Waals surface area contributed by atoms with E-state index in [4.69, 9.17) is 0 Å². The first-order valence-electron chi connectivity index (χ1n) is 6.78. The number of benzene rings is 1. The molecule has 1 aliphatic heterocycles. The molecule has 0 bridgehead atoms. The predicted molar refractivity (Wildman–Crippen MR) is 78.6 cm³/mol. The van der Waals surface area contributed by atoms with Crippen LogP contribution < -0.4 is 10.2 Å². The van der Waals surface area contributed by atoms with Crippen LogP contribution in [0.2, 0.25) is 0 Å². The zero-order valence-corrected chi connectivity index (χ0v) is 12.2. The van der Waals surface area contributed by atoms with Crippen molar-refractivity contribution in [3.8, 4) is 0 Å². The average molecular weight is 261 g/mol. The average Bonchev–Trinajstić information content (AvgIpc) is 2.38. The molecule has 0 saturated carbocycles. The molecule has 1 amide bonds. The molecule has 0 radical (unpaired) electrons. The Labute approximate surface area is 115 Å². The summed E-state index contributed by atoms with van der Waals surface area (Å²) in [5.74, 6) is 0.186. The molecule has 0 spiro atoms. The molecular formula is C15H23N3O. The topological polar surface area (TPSA) is 35.6 Å². The summed E-state index contributed by atoms with van der Waals surface area (Å²) in [6, 6.07) is 6.17. The normalized spacial score (nSPS) is 20.9. The molecular weight excluding hydrogens is 238 g/mol. The molecule has 1 atom stereocenters. The van der Waals surface area contributed by atoms with Crippen molar-refractivity contribution in [3.05, 3.63) is 29.3 Å². The smallest absolute Gasteiger partial charge is 0.245 e. The molecule has 4 heteroatoms. The highest BCUT2D eigenvalue weighted by Gasteiger charge is 2.32. The van der Waals surface area contributed by atoms with Gasteiger partial charge in [-0.1, -0.05) is 6.07 Å². The van der Waals surface area contributed by atoms with Gasteiger partial charge in [-0.05, 0) is 51.2 Å². The third-order valence-corrected chi connectivity index (χ3v) is 3.96. The fourth-order valence-corrected chi connectivity index (χ4v) is 2.48. The summed E-state index contributed by atoms with van der Waals surface area (Å²) < 4.78 is 0. The lowest BCUT2D eigenvalue weighted by Crippen LogP contribution is -2.58. The molecule has 104 valence electrons. The lowest BCUT2D eigenvalue weighted by molar-refractivity contribution is -0.125. The van der Waals surface area contributed by atoms with Crippen LogP contribution in [0.25, 0.3) is 0 Å². The Hall–Kier alpha value is -1.39. The largest absolute Gasteiger partial charge is 0.318 e. The maximum absolute atomic E-state index is 12.6. The van der Waals surface area contributed by atoms with Crippen molar-refractivity contribution < 1.29 is 4.79 Å². The number of carbonyl (C=O) groups excluding carboxylic acids is 1. The Morgan fingerprint density at radius 3 is 2.63 bits per heavy atom. The van der Waals surface area contributed by atoms with Crippen LogP contribution in [0, 0.1) is 13.8 Å². The van der Waals surface area contributed by atoms with Crippen LogP contribution >= 0.6 is 0 Å². The Balaban J connectivity index is 2.24. The zero-order chi connectivity index (χ0) is 14.0. The van der Waals surface area contributed by atoms with Crippen LogP contribution in [0.3, 0.4) is 0 Å². The van der Waals surface area contributed by atoms with Gasteiger partial charge in [0.1, 0.15) is 6.04 Å². The maximum atomic E-state index is 12.6. The third kappa shape index (κ3) is 2.80. The molecule has 1 aliphatic rings. The molecule has 1 fully saturated rings. The third-order valence-electron chi connectivity index (χ3n) is 3.96. The van der Waals surface area contributed by atoms with Gasteiger partial charge in [0.05, 0.1) is 0 Å². The van der Waals surface area contributed by atoms with Crippen molar-refractivity contribution in [2.75, 3.05) is 38.6 Å². The molecule has 0 aliphatic carbocycles. The first-order valence-corrected chi connectivity index (χ1v) is 6.78. The number of hydrogen-bond donors (Lipinski definition) is 1. The number of likely N-dealkylation sites (N-methyl/N-ethyl adjacent to an activating group) is 2. The van der Waals surface area contributed by atoms with E-state index in [1.165, 1.54) is 11.1 Å². The van der Waals surface area contributed by atoms with Gasteiger partial charge in [-0.3, -0.25) is 9.69 Å². The van der Waals surface area contributed by atoms with E-state index in [9.17, 15) is 4.79 Å². The highest BCUT2D eigenvalue weighted by molar-refractivity contribution is 5.98. The van der Waals surface area contributed by atoms with Crippen molar-refractivity contribution in [2.45, 2.75) is 19.9 Å². The second kappa shape index (κ2) is 5.72. The summed E-state index contributed by atoms with van der Waals surface area (Å²) in [5.41, 5.74) is 3.51. The summed E-state index contributed by atoms with van der Waals surface area (Å²) in [6.07, 6.45) is 0. The van der Waals surface area contributed by atoms with Crippen molar-refractivity contribution in [3.63, 3.8) is 0 Å². The minimum atomic E-state index is -0.0691. The second-order valence-corrected chi connectivity index (χ2v) is 5.31. The SMILES string of the molecule is CNCC1C(=O)N(c2ccc(C)c(C)c2)CCN1C. The molecule has 0 aromatic heterocycles. The van der Waals surface area contributed by atoms with Crippen LogP contribution in [-0.4, -0.2) is 50.6 Å². The molecule has 2 rings (SSSR count). The van der Waals surface area contributed by atoms with E-state index in [1.54, 1.807) is 0 Å². The number of piperazine rings is 1. The molecule has 1 unspecified atom stereocenters. The minimum Gasteiger partial charge on any atom is -0.318 e. The van der Waals surface area contributed by atoms with Crippen LogP contribution in [0.1, 0.15) is 11.1 Å². The Morgan fingerprint density at radius 1 is 1.26 bits per heavy atom. The molecule has 4 nitrogen and oxygen atoms in total. The van der Waals surface area contributed by atoms with Crippen molar-refractivity contribution in [1.29, 1.82) is 0 Å². The summed E-state index contributed by atoms with van der Waals surface area (Å²) in [5, 5.41) is 3.10. The van der Waals surface area contributed by atoms with Crippen molar-refractivity contribution in [1.82, 2.24) is 10.2 Å². The van der Waals surface area contributed by atoms with Gasteiger partial charge in [-0.2, -0.15) is 0 Å². The number of anilines is 1. The molecule has 1 aromatic rings. The maximum Gasteiger partial charge on any atom is 0.245 e. The molecule has 1 heterocycles. The number of carbonyl (C=O) groups is 1. The standard InChI is InChI=1S/C15H23N3O/c1-11-5-6-13(9-12(11)2)18-8-7-17(4)14(10-16-3)15(18)19/h5-6,9,14,16H,7-8,10H2,1-4H3. The van der Waals surface area contributed by atoms with Gasteiger partial charge in [-0.25, -0.2) is 0 Å². The van der Waals surface area contributed by atoms with Crippen LogP contribution in [-0.2, 0) is 4.79 Å². The van der Waals surface area contributed by atoms with Gasteiger partial charge < -0.3 is 10.2 Å². The van der Waals surface area contributed by atoms with Gasteiger partial charge in [0, 0.05) is 25.3 Å². The van der Waals surface area contributed by atoms with E-state index >= 15 is 0 Å². The van der Waals surface area contributed by atoms with Gasteiger partial charge in [0.15, 0.2) is 0 Å². The molecule has 19 heavy (non-hydrogen) atoms. The fourth-order valence-electron chi connectivity index (χ4n) is 2.48.